The average molecular weight is 407 g/mol. The van der Waals surface area contributed by atoms with Crippen molar-refractivity contribution >= 4 is 17.0 Å². The number of fused-ring (bicyclic) bond motifs is 1. The van der Waals surface area contributed by atoms with Gasteiger partial charge in [-0.1, -0.05) is 25.9 Å². The molecule has 30 heavy (non-hydrogen) atoms. The Morgan fingerprint density at radius 1 is 1.27 bits per heavy atom. The van der Waals surface area contributed by atoms with Gasteiger partial charge in [-0.3, -0.25) is 4.79 Å². The van der Waals surface area contributed by atoms with E-state index in [0.29, 0.717) is 17.2 Å². The Balaban J connectivity index is 1.60. The summed E-state index contributed by atoms with van der Waals surface area (Å²) in [4.78, 5) is 20.7. The predicted octanol–water partition coefficient (Wildman–Crippen LogP) is 5.00. The number of rotatable bonds is 4. The van der Waals surface area contributed by atoms with E-state index < -0.39 is 0 Å². The van der Waals surface area contributed by atoms with Gasteiger partial charge in [-0.25, -0.2) is 4.98 Å². The van der Waals surface area contributed by atoms with Gasteiger partial charge >= 0.3 is 0 Å². The second kappa shape index (κ2) is 6.96. The largest absolute Gasteiger partial charge is 0.353 e. The van der Waals surface area contributed by atoms with E-state index in [-0.39, 0.29) is 17.4 Å². The highest BCUT2D eigenvalue weighted by Crippen LogP contribution is 2.42. The van der Waals surface area contributed by atoms with Crippen LogP contribution in [0.1, 0.15) is 85.9 Å². The normalized spacial score (nSPS) is 19.7. The number of hydrogen-bond acceptors (Lipinski definition) is 4. The molecule has 0 spiro atoms. The Morgan fingerprint density at radius 3 is 2.73 bits per heavy atom. The minimum atomic E-state index is 0.0402. The van der Waals surface area contributed by atoms with Gasteiger partial charge < -0.3 is 14.0 Å². The molecule has 1 aliphatic carbocycles. The van der Waals surface area contributed by atoms with Crippen LogP contribution in [0.2, 0.25) is 0 Å². The van der Waals surface area contributed by atoms with Crippen molar-refractivity contribution < 1.29 is 9.32 Å². The fraction of sp³-hybridized carbons (Fsp3) is 0.542. The summed E-state index contributed by atoms with van der Waals surface area (Å²) in [7, 11) is 2.05. The standard InChI is InChI=1S/C24H30N4O2/c1-24(2,3)14-18-21-16(13-17(15-9-10-15)25-22(21)30-26-18)23(29)28-12-6-8-20(28)19-7-5-11-27(19)4/h5,7,11,13,15,20H,6,8-10,12,14H2,1-4H3. The third-order valence-corrected chi connectivity index (χ3v) is 6.30. The molecule has 1 amide bonds. The van der Waals surface area contributed by atoms with Crippen molar-refractivity contribution in [2.24, 2.45) is 12.5 Å². The number of carbonyl (C=O) groups excluding carboxylic acids is 1. The highest BCUT2D eigenvalue weighted by atomic mass is 16.5. The molecule has 1 saturated heterocycles. The smallest absolute Gasteiger partial charge is 0.259 e. The van der Waals surface area contributed by atoms with Crippen molar-refractivity contribution in [3.63, 3.8) is 0 Å². The molecule has 0 N–H and O–H groups in total. The molecule has 1 aliphatic heterocycles. The van der Waals surface area contributed by atoms with Crippen LogP contribution in [0.5, 0.6) is 0 Å². The molecule has 1 saturated carbocycles. The van der Waals surface area contributed by atoms with Crippen molar-refractivity contribution in [3.8, 4) is 0 Å². The Bertz CT molecular complexity index is 1100. The topological polar surface area (TPSA) is 64.2 Å². The first-order valence-electron chi connectivity index (χ1n) is 11.0. The van der Waals surface area contributed by atoms with E-state index in [1.807, 2.05) is 30.3 Å². The molecule has 158 valence electrons. The number of hydrogen-bond donors (Lipinski definition) is 0. The zero-order chi connectivity index (χ0) is 21.0. The molecule has 0 bridgehead atoms. The third-order valence-electron chi connectivity index (χ3n) is 6.30. The van der Waals surface area contributed by atoms with Gasteiger partial charge in [0.05, 0.1) is 22.7 Å². The van der Waals surface area contributed by atoms with E-state index >= 15 is 0 Å². The lowest BCUT2D eigenvalue weighted by Crippen LogP contribution is -2.31. The number of carbonyl (C=O) groups is 1. The second-order valence-electron chi connectivity index (χ2n) is 10.1. The lowest BCUT2D eigenvalue weighted by Gasteiger charge is -2.26. The Morgan fingerprint density at radius 2 is 2.07 bits per heavy atom. The molecule has 1 atom stereocenters. The molecule has 1 unspecified atom stereocenters. The van der Waals surface area contributed by atoms with Crippen molar-refractivity contribution in [3.05, 3.63) is 47.0 Å². The molecule has 6 nitrogen and oxygen atoms in total. The molecule has 4 heterocycles. The van der Waals surface area contributed by atoms with Crippen molar-refractivity contribution in [2.45, 2.75) is 64.8 Å². The van der Waals surface area contributed by atoms with E-state index in [0.717, 1.165) is 55.4 Å². The fourth-order valence-electron chi connectivity index (χ4n) is 4.70. The van der Waals surface area contributed by atoms with Crippen LogP contribution in [0, 0.1) is 5.41 Å². The zero-order valence-corrected chi connectivity index (χ0v) is 18.3. The van der Waals surface area contributed by atoms with Crippen molar-refractivity contribution in [1.29, 1.82) is 0 Å². The maximum Gasteiger partial charge on any atom is 0.259 e. The van der Waals surface area contributed by atoms with Crippen LogP contribution < -0.4 is 0 Å². The quantitative estimate of drug-likeness (QED) is 0.611. The van der Waals surface area contributed by atoms with Gasteiger partial charge in [0.2, 0.25) is 0 Å². The molecule has 3 aromatic heterocycles. The van der Waals surface area contributed by atoms with Crippen LogP contribution >= 0.6 is 0 Å². The summed E-state index contributed by atoms with van der Waals surface area (Å²) in [5.41, 5.74) is 4.26. The Kier molecular flexibility index (Phi) is 4.49. The van der Waals surface area contributed by atoms with Gasteiger partial charge in [-0.2, -0.15) is 0 Å². The summed E-state index contributed by atoms with van der Waals surface area (Å²) >= 11 is 0. The van der Waals surface area contributed by atoms with E-state index in [1.165, 1.54) is 5.69 Å². The van der Waals surface area contributed by atoms with Crippen LogP contribution in [0.3, 0.4) is 0 Å². The number of nitrogens with zero attached hydrogens (tertiary/aromatic N) is 4. The van der Waals surface area contributed by atoms with E-state index in [9.17, 15) is 4.79 Å². The Labute approximate surface area is 177 Å². The number of pyridine rings is 1. The van der Waals surface area contributed by atoms with Gasteiger partial charge in [-0.15, -0.1) is 0 Å². The maximum absolute atomic E-state index is 13.9. The van der Waals surface area contributed by atoms with Crippen LogP contribution in [0.25, 0.3) is 11.1 Å². The van der Waals surface area contributed by atoms with Gasteiger partial charge in [0.1, 0.15) is 0 Å². The molecule has 2 fully saturated rings. The summed E-state index contributed by atoms with van der Waals surface area (Å²) < 4.78 is 7.77. The molecule has 0 aromatic carbocycles. The molecule has 5 rings (SSSR count). The lowest BCUT2D eigenvalue weighted by molar-refractivity contribution is 0.0733. The Hall–Kier alpha value is -2.63. The molecular formula is C24H30N4O2. The molecule has 6 heteroatoms. The maximum atomic E-state index is 13.9. The molecule has 2 aliphatic rings. The molecular weight excluding hydrogens is 376 g/mol. The second-order valence-corrected chi connectivity index (χ2v) is 10.1. The van der Waals surface area contributed by atoms with Crippen LogP contribution in [0.4, 0.5) is 0 Å². The van der Waals surface area contributed by atoms with E-state index in [1.54, 1.807) is 0 Å². The third kappa shape index (κ3) is 3.42. The molecule has 0 radical (unpaired) electrons. The number of aryl methyl sites for hydroxylation is 1. The van der Waals surface area contributed by atoms with Gasteiger partial charge in [0.15, 0.2) is 0 Å². The zero-order valence-electron chi connectivity index (χ0n) is 18.3. The van der Waals surface area contributed by atoms with Gasteiger partial charge in [-0.05, 0) is 55.7 Å². The van der Waals surface area contributed by atoms with Crippen LogP contribution in [0.15, 0.2) is 28.9 Å². The van der Waals surface area contributed by atoms with Gasteiger partial charge in [0, 0.05) is 37.1 Å². The summed E-state index contributed by atoms with van der Waals surface area (Å²) in [5, 5.41) is 5.14. The SMILES string of the molecule is Cn1cccc1C1CCCN1C(=O)c1cc(C2CC2)nc2onc(CC(C)(C)C)c12. The highest BCUT2D eigenvalue weighted by molar-refractivity contribution is 6.06. The number of aromatic nitrogens is 3. The monoisotopic (exact) mass is 406 g/mol. The summed E-state index contributed by atoms with van der Waals surface area (Å²) in [6, 6.07) is 6.30. The van der Waals surface area contributed by atoms with E-state index in [4.69, 9.17) is 9.51 Å². The first-order chi connectivity index (χ1) is 14.3. The predicted molar refractivity (Wildman–Crippen MR) is 115 cm³/mol. The average Bonchev–Trinajstić information content (AvgIpc) is 3.07. The number of amides is 1. The summed E-state index contributed by atoms with van der Waals surface area (Å²) in [6.45, 7) is 7.30. The summed E-state index contributed by atoms with van der Waals surface area (Å²) in [5.74, 6) is 0.519. The minimum absolute atomic E-state index is 0.0402. The highest BCUT2D eigenvalue weighted by Gasteiger charge is 2.35. The number of likely N-dealkylation sites (tertiary alicyclic amines) is 1. The van der Waals surface area contributed by atoms with E-state index in [2.05, 4.69) is 36.6 Å². The van der Waals surface area contributed by atoms with Crippen LogP contribution in [-0.4, -0.2) is 32.1 Å². The minimum Gasteiger partial charge on any atom is -0.353 e. The summed E-state index contributed by atoms with van der Waals surface area (Å²) in [6.07, 6.45) is 7.06. The lowest BCUT2D eigenvalue weighted by atomic mass is 9.89. The van der Waals surface area contributed by atoms with Crippen LogP contribution in [-0.2, 0) is 13.5 Å². The molecule has 3 aromatic rings. The first kappa shape index (κ1) is 19.3. The fourth-order valence-corrected chi connectivity index (χ4v) is 4.70. The van der Waals surface area contributed by atoms with Crippen molar-refractivity contribution in [2.75, 3.05) is 6.54 Å². The van der Waals surface area contributed by atoms with Gasteiger partial charge in [0.25, 0.3) is 11.6 Å². The first-order valence-corrected chi connectivity index (χ1v) is 11.0. The van der Waals surface area contributed by atoms with Crippen molar-refractivity contribution in [1.82, 2.24) is 19.6 Å².